The maximum Gasteiger partial charge on any atom is 0.249 e. The summed E-state index contributed by atoms with van der Waals surface area (Å²) in [6.07, 6.45) is 0.592. The van der Waals surface area contributed by atoms with Gasteiger partial charge in [-0.15, -0.1) is 0 Å². The van der Waals surface area contributed by atoms with Crippen LogP contribution in [-0.4, -0.2) is 34.3 Å². The maximum absolute atomic E-state index is 11.3. The first-order valence-electron chi connectivity index (χ1n) is 4.58. The Morgan fingerprint density at radius 1 is 1.69 bits per heavy atom. The van der Waals surface area contributed by atoms with Gasteiger partial charge in [0.2, 0.25) is 5.91 Å². The van der Waals surface area contributed by atoms with Crippen molar-refractivity contribution in [3.8, 4) is 0 Å². The van der Waals surface area contributed by atoms with Crippen molar-refractivity contribution in [3.63, 3.8) is 0 Å². The molecular formula is C9H17NO3. The first-order valence-corrected chi connectivity index (χ1v) is 4.58. The van der Waals surface area contributed by atoms with Crippen LogP contribution in [0.25, 0.3) is 0 Å². The minimum Gasteiger partial charge on any atom is -0.393 e. The second-order valence-electron chi connectivity index (χ2n) is 4.16. The van der Waals surface area contributed by atoms with Crippen molar-refractivity contribution in [1.82, 2.24) is 5.06 Å². The van der Waals surface area contributed by atoms with E-state index in [4.69, 9.17) is 9.94 Å². The lowest BCUT2D eigenvalue weighted by Gasteiger charge is -2.20. The zero-order valence-electron chi connectivity index (χ0n) is 8.41. The summed E-state index contributed by atoms with van der Waals surface area (Å²) in [5, 5.41) is 10.4. The minimum atomic E-state index is -0.389. The number of nitrogens with zero attached hydrogens (tertiary/aromatic N) is 1. The summed E-state index contributed by atoms with van der Waals surface area (Å²) in [6, 6.07) is 0. The van der Waals surface area contributed by atoms with Gasteiger partial charge in [-0.25, -0.2) is 5.06 Å². The Bertz CT molecular complexity index is 201. The van der Waals surface area contributed by atoms with Gasteiger partial charge in [0.15, 0.2) is 0 Å². The number of hydroxylamine groups is 2. The Balaban J connectivity index is 2.40. The lowest BCUT2D eigenvalue weighted by Crippen LogP contribution is -2.28. The van der Waals surface area contributed by atoms with Crippen molar-refractivity contribution < 1.29 is 14.7 Å². The maximum atomic E-state index is 11.3. The van der Waals surface area contributed by atoms with Gasteiger partial charge in [0.1, 0.15) is 0 Å². The van der Waals surface area contributed by atoms with Gasteiger partial charge < -0.3 is 5.11 Å². The van der Waals surface area contributed by atoms with Crippen LogP contribution in [0.4, 0.5) is 0 Å². The van der Waals surface area contributed by atoms with E-state index < -0.39 is 0 Å². The van der Waals surface area contributed by atoms with Crippen LogP contribution in [0.1, 0.15) is 33.6 Å². The SMILES string of the molecule is CC(O)CCN1OC(C)(C)CC1=O. The van der Waals surface area contributed by atoms with Crippen LogP contribution in [0.5, 0.6) is 0 Å². The number of hydrogen-bond donors (Lipinski definition) is 1. The van der Waals surface area contributed by atoms with E-state index in [2.05, 4.69) is 0 Å². The highest BCUT2D eigenvalue weighted by Gasteiger charge is 2.37. The summed E-state index contributed by atoms with van der Waals surface area (Å²) in [5.41, 5.74) is -0.379. The Labute approximate surface area is 78.4 Å². The van der Waals surface area contributed by atoms with Gasteiger partial charge >= 0.3 is 0 Å². The lowest BCUT2D eigenvalue weighted by molar-refractivity contribution is -0.192. The fraction of sp³-hybridized carbons (Fsp3) is 0.889. The molecule has 0 aromatic carbocycles. The average molecular weight is 187 g/mol. The van der Waals surface area contributed by atoms with Gasteiger partial charge in [0, 0.05) is 0 Å². The van der Waals surface area contributed by atoms with E-state index in [0.717, 1.165) is 0 Å². The van der Waals surface area contributed by atoms with Gasteiger partial charge in [-0.3, -0.25) is 9.63 Å². The Morgan fingerprint density at radius 3 is 2.69 bits per heavy atom. The number of carbonyl (C=O) groups excluding carboxylic acids is 1. The van der Waals surface area contributed by atoms with E-state index >= 15 is 0 Å². The predicted octanol–water partition coefficient (Wildman–Crippen LogP) is 0.700. The third-order valence-electron chi connectivity index (χ3n) is 1.96. The standard InChI is InChI=1S/C9H17NO3/c1-7(11)4-5-10-8(12)6-9(2,3)13-10/h7,11H,4-6H2,1-3H3. The van der Waals surface area contributed by atoms with Crippen LogP contribution in [0.15, 0.2) is 0 Å². The van der Waals surface area contributed by atoms with Crippen LogP contribution in [0.3, 0.4) is 0 Å². The summed E-state index contributed by atoms with van der Waals surface area (Å²) in [6.45, 7) is 5.94. The molecule has 1 amide bonds. The first kappa shape index (κ1) is 10.5. The molecule has 0 saturated carbocycles. The molecule has 0 aliphatic carbocycles. The highest BCUT2D eigenvalue weighted by atomic mass is 16.7. The summed E-state index contributed by atoms with van der Waals surface area (Å²) >= 11 is 0. The molecule has 0 bridgehead atoms. The quantitative estimate of drug-likeness (QED) is 0.707. The molecule has 0 aromatic rings. The van der Waals surface area contributed by atoms with Crippen LogP contribution in [0, 0.1) is 0 Å². The number of aliphatic hydroxyl groups excluding tert-OH is 1. The molecule has 1 heterocycles. The summed E-state index contributed by atoms with van der Waals surface area (Å²) in [5.74, 6) is 0.00523. The molecule has 13 heavy (non-hydrogen) atoms. The fourth-order valence-electron chi connectivity index (χ4n) is 1.31. The number of aliphatic hydroxyl groups is 1. The monoisotopic (exact) mass is 187 g/mol. The molecule has 1 N–H and O–H groups in total. The zero-order valence-corrected chi connectivity index (χ0v) is 8.41. The Kier molecular flexibility index (Phi) is 2.93. The molecule has 4 nitrogen and oxygen atoms in total. The van der Waals surface area contributed by atoms with Crippen molar-refractivity contribution >= 4 is 5.91 Å². The average Bonchev–Trinajstić information content (AvgIpc) is 2.20. The second kappa shape index (κ2) is 3.64. The number of rotatable bonds is 3. The van der Waals surface area contributed by atoms with Crippen molar-refractivity contribution in [2.24, 2.45) is 0 Å². The van der Waals surface area contributed by atoms with Crippen LogP contribution < -0.4 is 0 Å². The highest BCUT2D eigenvalue weighted by Crippen LogP contribution is 2.25. The number of carbonyl (C=O) groups is 1. The van der Waals surface area contributed by atoms with Gasteiger partial charge in [-0.05, 0) is 27.2 Å². The molecule has 1 atom stereocenters. The summed E-state index contributed by atoms with van der Waals surface area (Å²) in [4.78, 5) is 16.7. The normalized spacial score (nSPS) is 23.7. The van der Waals surface area contributed by atoms with Gasteiger partial charge in [-0.1, -0.05) is 0 Å². The van der Waals surface area contributed by atoms with Crippen molar-refractivity contribution in [2.75, 3.05) is 6.54 Å². The van der Waals surface area contributed by atoms with E-state index in [1.807, 2.05) is 13.8 Å². The highest BCUT2D eigenvalue weighted by molar-refractivity contribution is 5.77. The first-order chi connectivity index (χ1) is 5.91. The summed E-state index contributed by atoms with van der Waals surface area (Å²) in [7, 11) is 0. The lowest BCUT2D eigenvalue weighted by atomic mass is 10.1. The van der Waals surface area contributed by atoms with E-state index in [-0.39, 0.29) is 17.6 Å². The topological polar surface area (TPSA) is 49.8 Å². The van der Waals surface area contributed by atoms with E-state index in [1.165, 1.54) is 5.06 Å². The van der Waals surface area contributed by atoms with Crippen molar-refractivity contribution in [3.05, 3.63) is 0 Å². The molecule has 4 heteroatoms. The van der Waals surface area contributed by atoms with Crippen LogP contribution >= 0.6 is 0 Å². The van der Waals surface area contributed by atoms with Crippen molar-refractivity contribution in [2.45, 2.75) is 45.3 Å². The number of amides is 1. The molecule has 1 aliphatic heterocycles. The smallest absolute Gasteiger partial charge is 0.249 e. The molecule has 1 unspecified atom stereocenters. The molecular weight excluding hydrogens is 170 g/mol. The molecule has 0 radical (unpaired) electrons. The molecule has 76 valence electrons. The zero-order chi connectivity index (χ0) is 10.1. The molecule has 0 spiro atoms. The largest absolute Gasteiger partial charge is 0.393 e. The summed E-state index contributed by atoms with van der Waals surface area (Å²) < 4.78 is 0. The molecule has 0 aromatic heterocycles. The van der Waals surface area contributed by atoms with E-state index in [9.17, 15) is 4.79 Å². The molecule has 1 fully saturated rings. The van der Waals surface area contributed by atoms with Crippen molar-refractivity contribution in [1.29, 1.82) is 0 Å². The van der Waals surface area contributed by atoms with E-state index in [0.29, 0.717) is 19.4 Å². The van der Waals surface area contributed by atoms with E-state index in [1.54, 1.807) is 6.92 Å². The van der Waals surface area contributed by atoms with Crippen LogP contribution in [-0.2, 0) is 9.63 Å². The minimum absolute atomic E-state index is 0.00523. The number of hydrogen-bond acceptors (Lipinski definition) is 3. The van der Waals surface area contributed by atoms with Gasteiger partial charge in [0.25, 0.3) is 0 Å². The fourth-order valence-corrected chi connectivity index (χ4v) is 1.31. The van der Waals surface area contributed by atoms with Crippen LogP contribution in [0.2, 0.25) is 0 Å². The third kappa shape index (κ3) is 2.97. The van der Waals surface area contributed by atoms with Gasteiger partial charge in [-0.2, -0.15) is 0 Å². The molecule has 1 saturated heterocycles. The second-order valence-corrected chi connectivity index (χ2v) is 4.16. The van der Waals surface area contributed by atoms with Gasteiger partial charge in [0.05, 0.1) is 24.7 Å². The Hall–Kier alpha value is -0.610. The predicted molar refractivity (Wildman–Crippen MR) is 47.8 cm³/mol. The molecule has 1 aliphatic rings. The Morgan fingerprint density at radius 2 is 2.31 bits per heavy atom. The molecule has 1 rings (SSSR count). The third-order valence-corrected chi connectivity index (χ3v) is 1.96.